The summed E-state index contributed by atoms with van der Waals surface area (Å²) in [5.41, 5.74) is 1.68. The molecule has 0 aliphatic heterocycles. The van der Waals surface area contributed by atoms with Gasteiger partial charge in [0.05, 0.1) is 18.4 Å². The highest BCUT2D eigenvalue weighted by Gasteiger charge is 2.37. The second-order valence-electron chi connectivity index (χ2n) is 10.2. The predicted molar refractivity (Wildman–Crippen MR) is 140 cm³/mol. The highest BCUT2D eigenvalue weighted by molar-refractivity contribution is 6.38. The fourth-order valence-electron chi connectivity index (χ4n) is 4.74. The van der Waals surface area contributed by atoms with E-state index in [9.17, 15) is 24.0 Å². The lowest BCUT2D eigenvalue weighted by atomic mass is 9.92. The van der Waals surface area contributed by atoms with Gasteiger partial charge in [0.15, 0.2) is 0 Å². The van der Waals surface area contributed by atoms with Gasteiger partial charge in [-0.2, -0.15) is 0 Å². The molecule has 2 aromatic carbocycles. The molecule has 2 aliphatic carbocycles. The van der Waals surface area contributed by atoms with Crippen LogP contribution in [-0.2, 0) is 41.7 Å². The number of ketones is 2. The van der Waals surface area contributed by atoms with Crippen molar-refractivity contribution in [2.45, 2.75) is 70.1 Å². The molecule has 8 heteroatoms. The highest BCUT2D eigenvalue weighted by Crippen LogP contribution is 2.26. The molecule has 38 heavy (non-hydrogen) atoms. The molecule has 2 N–H and O–H groups in total. The summed E-state index contributed by atoms with van der Waals surface area (Å²) in [5.74, 6) is -3.70. The van der Waals surface area contributed by atoms with Crippen molar-refractivity contribution in [1.82, 2.24) is 10.6 Å². The first-order chi connectivity index (χ1) is 18.4. The van der Waals surface area contributed by atoms with Crippen LogP contribution in [0.2, 0.25) is 0 Å². The van der Waals surface area contributed by atoms with E-state index in [2.05, 4.69) is 10.6 Å². The number of esters is 1. The Morgan fingerprint density at radius 3 is 2.16 bits per heavy atom. The molecule has 3 atom stereocenters. The van der Waals surface area contributed by atoms with Gasteiger partial charge in [0.2, 0.25) is 11.7 Å². The predicted octanol–water partition coefficient (Wildman–Crippen LogP) is 3.07. The van der Waals surface area contributed by atoms with Gasteiger partial charge in [0.1, 0.15) is 12.4 Å². The molecule has 2 aliphatic rings. The maximum Gasteiger partial charge on any atom is 0.306 e. The van der Waals surface area contributed by atoms with E-state index in [0.29, 0.717) is 12.8 Å². The third-order valence-electron chi connectivity index (χ3n) is 7.07. The summed E-state index contributed by atoms with van der Waals surface area (Å²) in [4.78, 5) is 64.1. The van der Waals surface area contributed by atoms with Crippen LogP contribution in [0.4, 0.5) is 0 Å². The van der Waals surface area contributed by atoms with Gasteiger partial charge in [0, 0.05) is 18.4 Å². The van der Waals surface area contributed by atoms with Crippen molar-refractivity contribution in [3.8, 4) is 0 Å². The lowest BCUT2D eigenvalue weighted by Crippen LogP contribution is -2.50. The van der Waals surface area contributed by atoms with Crippen LogP contribution in [0.25, 0.3) is 0 Å². The first-order valence-electron chi connectivity index (χ1n) is 13.3. The molecule has 2 saturated carbocycles. The SMILES string of the molecule is O=C(C[C@@H](Cc1ccccc1)C(=O)N[C@@H](C[C@@H]1CCCC1=O)C(=O)C(=O)NC1CC1)OCc1ccccc1. The summed E-state index contributed by atoms with van der Waals surface area (Å²) in [7, 11) is 0. The standard InChI is InChI=1S/C30H34N2O6/c33-26-13-7-12-22(26)17-25(28(35)30(37)31-24-14-15-24)32-29(36)23(16-20-8-3-1-4-9-20)18-27(34)38-19-21-10-5-2-6-11-21/h1-6,8-11,22-25H,7,12-19H2,(H,31,37)(H,32,36)/t22-,23+,25-/m0/s1. The molecule has 2 aromatic rings. The molecule has 0 saturated heterocycles. The van der Waals surface area contributed by atoms with Gasteiger partial charge in [0.25, 0.3) is 5.91 Å². The van der Waals surface area contributed by atoms with Crippen LogP contribution in [0.15, 0.2) is 60.7 Å². The molecular formula is C30H34N2O6. The third-order valence-corrected chi connectivity index (χ3v) is 7.07. The number of benzene rings is 2. The lowest BCUT2D eigenvalue weighted by molar-refractivity contribution is -0.148. The molecule has 2 fully saturated rings. The Hall–Kier alpha value is -3.81. The molecule has 0 bridgehead atoms. The fraction of sp³-hybridized carbons (Fsp3) is 0.433. The molecule has 200 valence electrons. The number of carbonyl (C=O) groups is 5. The van der Waals surface area contributed by atoms with E-state index >= 15 is 0 Å². The smallest absolute Gasteiger partial charge is 0.306 e. The van der Waals surface area contributed by atoms with Crippen LogP contribution in [0.5, 0.6) is 0 Å². The van der Waals surface area contributed by atoms with Gasteiger partial charge in [-0.3, -0.25) is 24.0 Å². The second kappa shape index (κ2) is 13.1. The molecule has 0 radical (unpaired) electrons. The van der Waals surface area contributed by atoms with Crippen molar-refractivity contribution >= 4 is 29.4 Å². The second-order valence-corrected chi connectivity index (χ2v) is 10.2. The zero-order valence-corrected chi connectivity index (χ0v) is 21.4. The van der Waals surface area contributed by atoms with Crippen LogP contribution >= 0.6 is 0 Å². The number of carbonyl (C=O) groups excluding carboxylic acids is 5. The van der Waals surface area contributed by atoms with Gasteiger partial charge < -0.3 is 15.4 Å². The van der Waals surface area contributed by atoms with Crippen LogP contribution in [0.3, 0.4) is 0 Å². The highest BCUT2D eigenvalue weighted by atomic mass is 16.5. The van der Waals surface area contributed by atoms with Crippen molar-refractivity contribution in [1.29, 1.82) is 0 Å². The van der Waals surface area contributed by atoms with Crippen molar-refractivity contribution in [2.24, 2.45) is 11.8 Å². The summed E-state index contributed by atoms with van der Waals surface area (Å²) in [5, 5.41) is 5.41. The Labute approximate surface area is 222 Å². The average molecular weight is 519 g/mol. The fourth-order valence-corrected chi connectivity index (χ4v) is 4.74. The molecule has 0 aromatic heterocycles. The Bertz CT molecular complexity index is 1150. The van der Waals surface area contributed by atoms with Crippen molar-refractivity contribution in [3.63, 3.8) is 0 Å². The van der Waals surface area contributed by atoms with Crippen molar-refractivity contribution < 1.29 is 28.7 Å². The van der Waals surface area contributed by atoms with Gasteiger partial charge in [-0.1, -0.05) is 60.7 Å². The zero-order valence-electron chi connectivity index (χ0n) is 21.4. The summed E-state index contributed by atoms with van der Waals surface area (Å²) in [6.45, 7) is 0.0889. The minimum Gasteiger partial charge on any atom is -0.461 e. The minimum absolute atomic E-state index is 0.0128. The maximum atomic E-state index is 13.5. The molecule has 4 rings (SSSR count). The number of rotatable bonds is 13. The van der Waals surface area contributed by atoms with Crippen molar-refractivity contribution in [3.05, 3.63) is 71.8 Å². The topological polar surface area (TPSA) is 119 Å². The van der Waals surface area contributed by atoms with Gasteiger partial charge in [-0.15, -0.1) is 0 Å². The molecule has 8 nitrogen and oxygen atoms in total. The Morgan fingerprint density at radius 1 is 0.895 bits per heavy atom. The third kappa shape index (κ3) is 8.10. The van der Waals surface area contributed by atoms with E-state index in [1.165, 1.54) is 0 Å². The quantitative estimate of drug-likeness (QED) is 0.311. The van der Waals surface area contributed by atoms with Crippen LogP contribution in [0, 0.1) is 11.8 Å². The number of Topliss-reactive ketones (excluding diaryl/α,β-unsaturated/α-hetero) is 2. The molecule has 2 amide bonds. The normalized spacial score (nSPS) is 18.3. The van der Waals surface area contributed by atoms with E-state index in [1.54, 1.807) is 0 Å². The Balaban J connectivity index is 1.46. The number of ether oxygens (including phenoxy) is 1. The lowest BCUT2D eigenvalue weighted by Gasteiger charge is -2.23. The monoisotopic (exact) mass is 518 g/mol. The minimum atomic E-state index is -1.13. The molecule has 0 heterocycles. The summed E-state index contributed by atoms with van der Waals surface area (Å²) in [6.07, 6.45) is 3.59. The number of nitrogens with one attached hydrogen (secondary N) is 2. The van der Waals surface area contributed by atoms with Gasteiger partial charge in [-0.25, -0.2) is 0 Å². The van der Waals surface area contributed by atoms with Gasteiger partial charge >= 0.3 is 5.97 Å². The summed E-state index contributed by atoms with van der Waals surface area (Å²) >= 11 is 0. The van der Waals surface area contributed by atoms with Gasteiger partial charge in [-0.05, 0) is 49.7 Å². The van der Waals surface area contributed by atoms with E-state index in [0.717, 1.165) is 30.4 Å². The van der Waals surface area contributed by atoms with Crippen LogP contribution < -0.4 is 10.6 Å². The van der Waals surface area contributed by atoms with E-state index < -0.39 is 35.5 Å². The summed E-state index contributed by atoms with van der Waals surface area (Å²) < 4.78 is 5.41. The first-order valence-corrected chi connectivity index (χ1v) is 13.3. The van der Waals surface area contributed by atoms with E-state index in [4.69, 9.17) is 4.74 Å². The zero-order chi connectivity index (χ0) is 26.9. The number of hydrogen-bond donors (Lipinski definition) is 2. The largest absolute Gasteiger partial charge is 0.461 e. The molecule has 0 unspecified atom stereocenters. The Kier molecular flexibility index (Phi) is 9.40. The number of hydrogen-bond acceptors (Lipinski definition) is 6. The average Bonchev–Trinajstić information content (AvgIpc) is 3.66. The molecular weight excluding hydrogens is 484 g/mol. The van der Waals surface area contributed by atoms with Crippen LogP contribution in [0.1, 0.15) is 56.1 Å². The van der Waals surface area contributed by atoms with Crippen molar-refractivity contribution in [2.75, 3.05) is 0 Å². The first kappa shape index (κ1) is 27.2. The Morgan fingerprint density at radius 2 is 1.55 bits per heavy atom. The van der Waals surface area contributed by atoms with E-state index in [-0.39, 0.29) is 43.6 Å². The summed E-state index contributed by atoms with van der Waals surface area (Å²) in [6, 6.07) is 17.4. The maximum absolute atomic E-state index is 13.5. The number of amides is 2. The molecule has 0 spiro atoms. The van der Waals surface area contributed by atoms with E-state index in [1.807, 2.05) is 60.7 Å². The van der Waals surface area contributed by atoms with Crippen LogP contribution in [-0.4, -0.2) is 41.4 Å².